The molecular formula is C9H10BrClN4. The van der Waals surface area contributed by atoms with Gasteiger partial charge in [0.15, 0.2) is 0 Å². The third-order valence-electron chi connectivity index (χ3n) is 2.13. The summed E-state index contributed by atoms with van der Waals surface area (Å²) in [6, 6.07) is 1.70. The molecule has 0 unspecified atom stereocenters. The summed E-state index contributed by atoms with van der Waals surface area (Å²) in [6.07, 6.45) is 1.96. The van der Waals surface area contributed by atoms with Crippen molar-refractivity contribution in [1.82, 2.24) is 15.4 Å². The van der Waals surface area contributed by atoms with Crippen molar-refractivity contribution in [2.24, 2.45) is 0 Å². The Bertz CT molecular complexity index is 432. The molecular weight excluding hydrogens is 279 g/mol. The predicted molar refractivity (Wildman–Crippen MR) is 65.1 cm³/mol. The van der Waals surface area contributed by atoms with Crippen molar-refractivity contribution in [3.63, 3.8) is 0 Å². The molecule has 2 rings (SSSR count). The Morgan fingerprint density at radius 3 is 3.00 bits per heavy atom. The Morgan fingerprint density at radius 2 is 2.40 bits per heavy atom. The highest BCUT2D eigenvalue weighted by molar-refractivity contribution is 9.10. The van der Waals surface area contributed by atoms with Crippen molar-refractivity contribution in [1.29, 1.82) is 0 Å². The van der Waals surface area contributed by atoms with Crippen molar-refractivity contribution < 1.29 is 0 Å². The minimum Gasteiger partial charge on any atom is -0.396 e. The van der Waals surface area contributed by atoms with E-state index in [1.807, 2.05) is 18.3 Å². The summed E-state index contributed by atoms with van der Waals surface area (Å²) in [7, 11) is 1.92. The van der Waals surface area contributed by atoms with E-state index >= 15 is 0 Å². The van der Waals surface area contributed by atoms with Crippen molar-refractivity contribution >= 4 is 38.8 Å². The third kappa shape index (κ3) is 2.09. The van der Waals surface area contributed by atoms with Crippen LogP contribution < -0.4 is 11.2 Å². The smallest absolute Gasteiger partial charge is 0.129 e. The molecule has 80 valence electrons. The predicted octanol–water partition coefficient (Wildman–Crippen LogP) is 1.87. The largest absolute Gasteiger partial charge is 0.396 e. The number of aromatic nitrogens is 1. The number of nitrogen functional groups attached to an aromatic ring is 1. The lowest BCUT2D eigenvalue weighted by Crippen LogP contribution is -2.23. The van der Waals surface area contributed by atoms with E-state index in [9.17, 15) is 0 Å². The standard InChI is InChI=1S/C9H10BrClN4/c1-15-4-5(3-13-15)8-6(11)2-7(12)9(10)14-8/h2,4,13H,3,12H2,1H3. The van der Waals surface area contributed by atoms with Crippen LogP contribution in [-0.4, -0.2) is 23.6 Å². The van der Waals surface area contributed by atoms with Gasteiger partial charge in [0, 0.05) is 25.4 Å². The Morgan fingerprint density at radius 1 is 1.67 bits per heavy atom. The first kappa shape index (κ1) is 10.7. The molecule has 2 heterocycles. The summed E-state index contributed by atoms with van der Waals surface area (Å²) >= 11 is 9.37. The average molecular weight is 290 g/mol. The average Bonchev–Trinajstić information content (AvgIpc) is 2.58. The van der Waals surface area contributed by atoms with Crippen LogP contribution in [0.2, 0.25) is 5.02 Å². The Balaban J connectivity index is 2.45. The highest BCUT2D eigenvalue weighted by Crippen LogP contribution is 2.29. The van der Waals surface area contributed by atoms with Crippen molar-refractivity contribution in [3.8, 4) is 0 Å². The number of hydrogen-bond acceptors (Lipinski definition) is 4. The summed E-state index contributed by atoms with van der Waals surface area (Å²) in [5.74, 6) is 0. The molecule has 3 N–H and O–H groups in total. The number of pyridine rings is 1. The van der Waals surface area contributed by atoms with Crippen LogP contribution in [0.3, 0.4) is 0 Å². The molecule has 0 amide bonds. The molecule has 1 aromatic heterocycles. The van der Waals surface area contributed by atoms with Gasteiger partial charge in [-0.05, 0) is 22.0 Å². The summed E-state index contributed by atoms with van der Waals surface area (Å²) in [5, 5.41) is 2.44. The molecule has 0 saturated heterocycles. The molecule has 0 aromatic carbocycles. The van der Waals surface area contributed by atoms with Gasteiger partial charge < -0.3 is 10.7 Å². The maximum Gasteiger partial charge on any atom is 0.129 e. The van der Waals surface area contributed by atoms with Crippen molar-refractivity contribution in [3.05, 3.63) is 27.6 Å². The van der Waals surface area contributed by atoms with E-state index in [0.29, 0.717) is 15.3 Å². The molecule has 0 fully saturated rings. The molecule has 0 spiro atoms. The first-order valence-corrected chi connectivity index (χ1v) is 5.54. The fourth-order valence-electron chi connectivity index (χ4n) is 1.39. The van der Waals surface area contributed by atoms with Gasteiger partial charge in [-0.15, -0.1) is 0 Å². The molecule has 1 aliphatic heterocycles. The molecule has 4 nitrogen and oxygen atoms in total. The highest BCUT2D eigenvalue weighted by Gasteiger charge is 2.16. The third-order valence-corrected chi connectivity index (χ3v) is 3.05. The second-order valence-corrected chi connectivity index (χ2v) is 4.46. The van der Waals surface area contributed by atoms with Crippen LogP contribution in [0.15, 0.2) is 16.9 Å². The summed E-state index contributed by atoms with van der Waals surface area (Å²) in [4.78, 5) is 4.31. The van der Waals surface area contributed by atoms with Gasteiger partial charge in [-0.25, -0.2) is 10.4 Å². The van der Waals surface area contributed by atoms with Crippen LogP contribution >= 0.6 is 27.5 Å². The number of nitrogens with zero attached hydrogens (tertiary/aromatic N) is 2. The van der Waals surface area contributed by atoms with Crippen LogP contribution in [0.25, 0.3) is 5.57 Å². The lowest BCUT2D eigenvalue weighted by molar-refractivity contribution is 0.374. The van der Waals surface area contributed by atoms with Crippen molar-refractivity contribution in [2.45, 2.75) is 0 Å². The zero-order chi connectivity index (χ0) is 11.0. The minimum absolute atomic E-state index is 0.545. The quantitative estimate of drug-likeness (QED) is 0.775. The number of nitrogens with one attached hydrogen (secondary N) is 1. The maximum atomic E-state index is 6.08. The Kier molecular flexibility index (Phi) is 2.86. The van der Waals surface area contributed by atoms with Gasteiger partial charge >= 0.3 is 0 Å². The number of anilines is 1. The number of hydrazine groups is 1. The molecule has 6 heteroatoms. The van der Waals surface area contributed by atoms with Crippen LogP contribution in [0.1, 0.15) is 5.69 Å². The summed E-state index contributed by atoms with van der Waals surface area (Å²) in [6.45, 7) is 0.722. The normalized spacial score (nSPS) is 15.7. The molecule has 15 heavy (non-hydrogen) atoms. The monoisotopic (exact) mass is 288 g/mol. The van der Waals surface area contributed by atoms with E-state index in [0.717, 1.165) is 17.8 Å². The van der Waals surface area contributed by atoms with E-state index in [1.54, 1.807) is 6.07 Å². The maximum absolute atomic E-state index is 6.08. The number of nitrogens with two attached hydrogens (primary N) is 1. The van der Waals surface area contributed by atoms with Gasteiger partial charge in [0.1, 0.15) is 4.60 Å². The van der Waals surface area contributed by atoms with E-state index in [4.69, 9.17) is 17.3 Å². The van der Waals surface area contributed by atoms with E-state index in [2.05, 4.69) is 26.3 Å². The first-order chi connectivity index (χ1) is 7.08. The van der Waals surface area contributed by atoms with Gasteiger partial charge in [-0.2, -0.15) is 0 Å². The summed E-state index contributed by atoms with van der Waals surface area (Å²) < 4.78 is 0.623. The van der Waals surface area contributed by atoms with Crippen LogP contribution in [-0.2, 0) is 0 Å². The molecule has 0 aliphatic carbocycles. The van der Waals surface area contributed by atoms with Crippen LogP contribution in [0, 0.1) is 0 Å². The number of halogens is 2. The number of rotatable bonds is 1. The van der Waals surface area contributed by atoms with E-state index in [1.165, 1.54) is 0 Å². The fraction of sp³-hybridized carbons (Fsp3) is 0.222. The number of hydrogen-bond donors (Lipinski definition) is 2. The Labute approximate surface area is 101 Å². The molecule has 0 saturated carbocycles. The SMILES string of the molecule is CN1C=C(c2nc(Br)c(N)cc2Cl)CN1. The zero-order valence-corrected chi connectivity index (χ0v) is 10.4. The minimum atomic E-state index is 0.545. The topological polar surface area (TPSA) is 54.2 Å². The molecule has 0 atom stereocenters. The lowest BCUT2D eigenvalue weighted by Gasteiger charge is -2.05. The van der Waals surface area contributed by atoms with Crippen molar-refractivity contribution in [2.75, 3.05) is 19.3 Å². The second kappa shape index (κ2) is 4.00. The molecule has 0 radical (unpaired) electrons. The molecule has 1 aromatic rings. The van der Waals surface area contributed by atoms with Gasteiger partial charge in [0.05, 0.1) is 16.4 Å². The van der Waals surface area contributed by atoms with Crippen LogP contribution in [0.4, 0.5) is 5.69 Å². The van der Waals surface area contributed by atoms with Gasteiger partial charge in [-0.1, -0.05) is 11.6 Å². The lowest BCUT2D eigenvalue weighted by atomic mass is 10.2. The highest BCUT2D eigenvalue weighted by atomic mass is 79.9. The Hall–Kier alpha value is -0.780. The van der Waals surface area contributed by atoms with Gasteiger partial charge in [0.25, 0.3) is 0 Å². The summed E-state index contributed by atoms with van der Waals surface area (Å²) in [5.41, 5.74) is 11.1. The van der Waals surface area contributed by atoms with E-state index in [-0.39, 0.29) is 0 Å². The second-order valence-electron chi connectivity index (χ2n) is 3.30. The van der Waals surface area contributed by atoms with E-state index < -0.39 is 0 Å². The first-order valence-electron chi connectivity index (χ1n) is 4.37. The van der Waals surface area contributed by atoms with Crippen LogP contribution in [0.5, 0.6) is 0 Å². The van der Waals surface area contributed by atoms with Gasteiger partial charge in [-0.3, -0.25) is 0 Å². The molecule has 0 bridgehead atoms. The van der Waals surface area contributed by atoms with Gasteiger partial charge in [0.2, 0.25) is 0 Å². The molecule has 1 aliphatic rings. The fourth-order valence-corrected chi connectivity index (χ4v) is 1.96. The zero-order valence-electron chi connectivity index (χ0n) is 8.09.